The number of aliphatic hydroxyl groups excluding tert-OH is 1. The number of aliphatic hydroxyl groups is 1. The number of aromatic nitrogens is 4. The quantitative estimate of drug-likeness (QED) is 0.435. The molecule has 36 heavy (non-hydrogen) atoms. The van der Waals surface area contributed by atoms with Gasteiger partial charge in [-0.05, 0) is 63.9 Å². The Bertz CT molecular complexity index is 1290. The molecule has 11 nitrogen and oxygen atoms in total. The van der Waals surface area contributed by atoms with Crippen molar-refractivity contribution >= 4 is 38.6 Å². The van der Waals surface area contributed by atoms with E-state index < -0.39 is 10.0 Å². The summed E-state index contributed by atoms with van der Waals surface area (Å²) in [7, 11) is -1.53. The Labute approximate surface area is 211 Å². The molecule has 2 fully saturated rings. The lowest BCUT2D eigenvalue weighted by Crippen LogP contribution is -2.46. The van der Waals surface area contributed by atoms with Gasteiger partial charge in [-0.2, -0.15) is 14.3 Å². The maximum absolute atomic E-state index is 13.1. The maximum Gasteiger partial charge on any atom is 0.243 e. The molecule has 0 unspecified atom stereocenters. The molecule has 1 saturated heterocycles. The van der Waals surface area contributed by atoms with Gasteiger partial charge in [0.15, 0.2) is 17.0 Å². The smallest absolute Gasteiger partial charge is 0.243 e. The van der Waals surface area contributed by atoms with Crippen LogP contribution in [0.4, 0.5) is 17.5 Å². The van der Waals surface area contributed by atoms with E-state index in [1.165, 1.54) is 0 Å². The molecule has 1 aromatic carbocycles. The van der Waals surface area contributed by atoms with Crippen molar-refractivity contribution in [1.82, 2.24) is 28.7 Å². The largest absolute Gasteiger partial charge is 0.393 e. The molecule has 194 valence electrons. The van der Waals surface area contributed by atoms with Crippen LogP contribution in [0.2, 0.25) is 0 Å². The van der Waals surface area contributed by atoms with Crippen molar-refractivity contribution in [2.75, 3.05) is 43.9 Å². The Morgan fingerprint density at radius 1 is 1.03 bits per heavy atom. The summed E-state index contributed by atoms with van der Waals surface area (Å²) >= 11 is 0. The molecule has 3 aromatic rings. The van der Waals surface area contributed by atoms with Crippen LogP contribution in [0.1, 0.15) is 32.6 Å². The fourth-order valence-corrected chi connectivity index (χ4v) is 6.18. The lowest BCUT2D eigenvalue weighted by Gasteiger charge is -2.31. The first-order valence-electron chi connectivity index (χ1n) is 12.6. The number of hydrogen-bond acceptors (Lipinski definition) is 9. The zero-order valence-electron chi connectivity index (χ0n) is 20.8. The van der Waals surface area contributed by atoms with Gasteiger partial charge < -0.3 is 25.2 Å². The average Bonchev–Trinajstić information content (AvgIpc) is 3.29. The number of likely N-dealkylation sites (N-methyl/N-ethyl adjacent to an activating group) is 1. The monoisotopic (exact) mass is 514 g/mol. The number of hydrogen-bond donors (Lipinski definition) is 3. The number of piperazine rings is 1. The van der Waals surface area contributed by atoms with Crippen LogP contribution in [-0.2, 0) is 16.6 Å². The van der Waals surface area contributed by atoms with Gasteiger partial charge in [-0.1, -0.05) is 0 Å². The summed E-state index contributed by atoms with van der Waals surface area (Å²) in [6, 6.07) is 6.97. The highest BCUT2D eigenvalue weighted by Gasteiger charge is 2.27. The Balaban J connectivity index is 1.38. The van der Waals surface area contributed by atoms with Crippen molar-refractivity contribution in [2.45, 2.75) is 56.2 Å². The van der Waals surface area contributed by atoms with E-state index in [0.29, 0.717) is 36.1 Å². The number of nitrogens with one attached hydrogen (secondary N) is 2. The van der Waals surface area contributed by atoms with Crippen molar-refractivity contribution < 1.29 is 13.5 Å². The van der Waals surface area contributed by atoms with Gasteiger partial charge in [-0.3, -0.25) is 0 Å². The van der Waals surface area contributed by atoms with Crippen LogP contribution >= 0.6 is 0 Å². The standard InChI is InChI=1S/C24H34N8O3S/c1-3-31-16-25-21-22(28-24(29-23(21)31)27-18-4-8-19(33)9-5-18)26-17-6-10-20(11-7-17)36(34,35)32-14-12-30(2)13-15-32/h6-7,10-11,16,18-19,33H,3-5,8-9,12-15H2,1-2H3,(H2,26,27,28,29). The van der Waals surface area contributed by atoms with Crippen LogP contribution in [0.5, 0.6) is 0 Å². The van der Waals surface area contributed by atoms with Crippen molar-refractivity contribution in [1.29, 1.82) is 0 Å². The van der Waals surface area contributed by atoms with Gasteiger partial charge in [0.25, 0.3) is 0 Å². The molecule has 3 N–H and O–H groups in total. The number of imidazole rings is 1. The van der Waals surface area contributed by atoms with E-state index in [1.54, 1.807) is 34.9 Å². The zero-order chi connectivity index (χ0) is 25.3. The highest BCUT2D eigenvalue weighted by molar-refractivity contribution is 7.89. The second kappa shape index (κ2) is 10.3. The maximum atomic E-state index is 13.1. The topological polar surface area (TPSA) is 129 Å². The van der Waals surface area contributed by atoms with E-state index in [0.717, 1.165) is 51.0 Å². The molecule has 3 heterocycles. The molecule has 12 heteroatoms. The minimum Gasteiger partial charge on any atom is -0.393 e. The van der Waals surface area contributed by atoms with E-state index in [2.05, 4.69) is 20.5 Å². The first-order chi connectivity index (χ1) is 17.3. The third-order valence-corrected chi connectivity index (χ3v) is 8.96. The normalized spacial score (nSPS) is 22.1. The number of fused-ring (bicyclic) bond motifs is 1. The molecule has 1 aliphatic carbocycles. The van der Waals surface area contributed by atoms with E-state index >= 15 is 0 Å². The average molecular weight is 515 g/mol. The summed E-state index contributed by atoms with van der Waals surface area (Å²) in [5.41, 5.74) is 2.09. The van der Waals surface area contributed by atoms with E-state index in [9.17, 15) is 13.5 Å². The van der Waals surface area contributed by atoms with E-state index in [1.807, 2.05) is 18.5 Å². The predicted molar refractivity (Wildman–Crippen MR) is 139 cm³/mol. The van der Waals surface area contributed by atoms with Crippen LogP contribution < -0.4 is 10.6 Å². The summed E-state index contributed by atoms with van der Waals surface area (Å²) < 4.78 is 29.6. The molecule has 5 rings (SSSR count). The van der Waals surface area contributed by atoms with Gasteiger partial charge in [0.1, 0.15) is 0 Å². The third-order valence-electron chi connectivity index (χ3n) is 7.05. The highest BCUT2D eigenvalue weighted by atomic mass is 32.2. The number of nitrogens with zero attached hydrogens (tertiary/aromatic N) is 6. The van der Waals surface area contributed by atoms with E-state index in [4.69, 9.17) is 9.97 Å². The Hall–Kier alpha value is -2.80. The van der Waals surface area contributed by atoms with Gasteiger partial charge in [-0.25, -0.2) is 13.4 Å². The van der Waals surface area contributed by atoms with Gasteiger partial charge >= 0.3 is 0 Å². The zero-order valence-corrected chi connectivity index (χ0v) is 21.6. The van der Waals surface area contributed by atoms with Crippen LogP contribution in [0, 0.1) is 0 Å². The van der Waals surface area contributed by atoms with Gasteiger partial charge in [0.05, 0.1) is 17.3 Å². The fraction of sp³-hybridized carbons (Fsp3) is 0.542. The van der Waals surface area contributed by atoms with Gasteiger partial charge in [0, 0.05) is 44.5 Å². The Morgan fingerprint density at radius 3 is 2.39 bits per heavy atom. The third kappa shape index (κ3) is 5.17. The number of benzene rings is 1. The Morgan fingerprint density at radius 2 is 1.72 bits per heavy atom. The fourth-order valence-electron chi connectivity index (χ4n) is 4.75. The summed E-state index contributed by atoms with van der Waals surface area (Å²) in [5.74, 6) is 1.07. The van der Waals surface area contributed by atoms with Crippen LogP contribution in [0.25, 0.3) is 11.2 Å². The summed E-state index contributed by atoms with van der Waals surface area (Å²) in [6.45, 7) is 5.20. The second-order valence-electron chi connectivity index (χ2n) is 9.61. The van der Waals surface area contributed by atoms with Crippen molar-refractivity contribution in [3.05, 3.63) is 30.6 Å². The first kappa shape index (κ1) is 24.9. The molecule has 0 amide bonds. The minimum absolute atomic E-state index is 0.204. The number of sulfonamides is 1. The highest BCUT2D eigenvalue weighted by Crippen LogP contribution is 2.28. The second-order valence-corrected chi connectivity index (χ2v) is 11.5. The summed E-state index contributed by atoms with van der Waals surface area (Å²) in [4.78, 5) is 16.3. The van der Waals surface area contributed by atoms with Crippen molar-refractivity contribution in [3.63, 3.8) is 0 Å². The van der Waals surface area contributed by atoms with E-state index in [-0.39, 0.29) is 17.0 Å². The number of aryl methyl sites for hydroxylation is 1. The van der Waals surface area contributed by atoms with Crippen molar-refractivity contribution in [2.24, 2.45) is 0 Å². The lowest BCUT2D eigenvalue weighted by atomic mass is 9.93. The van der Waals surface area contributed by atoms with Crippen LogP contribution in [-0.4, -0.2) is 87.6 Å². The minimum atomic E-state index is -3.53. The summed E-state index contributed by atoms with van der Waals surface area (Å²) in [6.07, 6.45) is 4.77. The Kier molecular flexibility index (Phi) is 7.11. The van der Waals surface area contributed by atoms with Gasteiger partial charge in [-0.15, -0.1) is 0 Å². The molecule has 1 saturated carbocycles. The molecular weight excluding hydrogens is 480 g/mol. The van der Waals surface area contributed by atoms with Crippen LogP contribution in [0.15, 0.2) is 35.5 Å². The lowest BCUT2D eigenvalue weighted by molar-refractivity contribution is 0.126. The molecule has 0 atom stereocenters. The molecule has 2 aliphatic rings. The molecule has 2 aromatic heterocycles. The van der Waals surface area contributed by atoms with Gasteiger partial charge in [0.2, 0.25) is 16.0 Å². The number of anilines is 3. The molecule has 0 spiro atoms. The van der Waals surface area contributed by atoms with Crippen molar-refractivity contribution in [3.8, 4) is 0 Å². The van der Waals surface area contributed by atoms with Crippen LogP contribution in [0.3, 0.4) is 0 Å². The first-order valence-corrected chi connectivity index (χ1v) is 14.0. The molecule has 0 radical (unpaired) electrons. The SMILES string of the molecule is CCn1cnc2c(Nc3ccc(S(=O)(=O)N4CCN(C)CC4)cc3)nc(NC3CCC(O)CC3)nc21. The number of rotatable bonds is 7. The summed E-state index contributed by atoms with van der Waals surface area (Å²) in [5, 5.41) is 16.6. The molecule has 0 bridgehead atoms. The predicted octanol–water partition coefficient (Wildman–Crippen LogP) is 2.24. The molecular formula is C24H34N8O3S. The molecule has 1 aliphatic heterocycles.